The summed E-state index contributed by atoms with van der Waals surface area (Å²) in [5, 5.41) is 2.52. The van der Waals surface area contributed by atoms with E-state index in [4.69, 9.17) is 0 Å². The van der Waals surface area contributed by atoms with Crippen molar-refractivity contribution in [2.45, 2.75) is 18.8 Å². The third kappa shape index (κ3) is 7.18. The molecule has 0 saturated carbocycles. The van der Waals surface area contributed by atoms with Gasteiger partial charge in [-0.25, -0.2) is 0 Å². The van der Waals surface area contributed by atoms with E-state index in [0.29, 0.717) is 5.92 Å². The molecule has 12 aromatic rings. The van der Waals surface area contributed by atoms with E-state index >= 15 is 0 Å². The molecule has 1 aromatic heterocycles. The molecule has 1 nitrogen and oxygen atoms in total. The molecule has 70 heavy (non-hydrogen) atoms. The number of benzene rings is 11. The van der Waals surface area contributed by atoms with Crippen LogP contribution in [0.5, 0.6) is 0 Å². The largest absolute Gasteiger partial charge is 0.309 e. The first kappa shape index (κ1) is 41.4. The molecule has 0 fully saturated rings. The molecule has 11 aromatic carbocycles. The van der Waals surface area contributed by atoms with E-state index in [1.165, 1.54) is 111 Å². The van der Waals surface area contributed by atoms with Crippen molar-refractivity contribution >= 4 is 21.8 Å². The molecular weight excluding hydrogens is 843 g/mol. The normalized spacial score (nSPS) is 13.0. The van der Waals surface area contributed by atoms with Crippen molar-refractivity contribution in [3.63, 3.8) is 0 Å². The van der Waals surface area contributed by atoms with Crippen molar-refractivity contribution in [1.29, 1.82) is 0 Å². The molecule has 1 aliphatic carbocycles. The van der Waals surface area contributed by atoms with Crippen LogP contribution in [0, 0.1) is 0 Å². The van der Waals surface area contributed by atoms with Crippen molar-refractivity contribution < 1.29 is 0 Å². The second-order valence-electron chi connectivity index (χ2n) is 18.7. The number of rotatable bonds is 9. The Morgan fingerprint density at radius 1 is 0.300 bits per heavy atom. The van der Waals surface area contributed by atoms with Crippen molar-refractivity contribution in [3.8, 4) is 83.6 Å². The van der Waals surface area contributed by atoms with Gasteiger partial charge in [0.05, 0.1) is 11.0 Å². The zero-order valence-electron chi connectivity index (χ0n) is 38.8. The van der Waals surface area contributed by atoms with Gasteiger partial charge in [-0.1, -0.05) is 243 Å². The van der Waals surface area contributed by atoms with Gasteiger partial charge in [0.15, 0.2) is 0 Å². The Kier molecular flexibility index (Phi) is 10.5. The second kappa shape index (κ2) is 17.7. The Bertz CT molecular complexity index is 3670. The summed E-state index contributed by atoms with van der Waals surface area (Å²) in [4.78, 5) is 0. The van der Waals surface area contributed by atoms with Crippen molar-refractivity contribution in [3.05, 3.63) is 284 Å². The number of hydrogen-bond acceptors (Lipinski definition) is 0. The van der Waals surface area contributed by atoms with Gasteiger partial charge < -0.3 is 4.57 Å². The molecule has 0 aliphatic heterocycles. The lowest BCUT2D eigenvalue weighted by Crippen LogP contribution is -2.13. The molecule has 0 amide bonds. The molecular formula is C69H49N. The zero-order chi connectivity index (χ0) is 46.4. The first-order chi connectivity index (χ1) is 34.8. The lowest BCUT2D eigenvalue weighted by atomic mass is 9.74. The maximum atomic E-state index is 2.41. The Labute approximate surface area is 410 Å². The number of nitrogens with zero attached hydrogens (tertiary/aromatic N) is 1. The minimum atomic E-state index is 0.395. The lowest BCUT2D eigenvalue weighted by Gasteiger charge is -2.29. The maximum Gasteiger partial charge on any atom is 0.0541 e. The summed E-state index contributed by atoms with van der Waals surface area (Å²) < 4.78 is 2.41. The Hall–Kier alpha value is -8.78. The third-order valence-electron chi connectivity index (χ3n) is 14.6. The summed E-state index contributed by atoms with van der Waals surface area (Å²) in [5.74, 6) is 0.395. The number of hydrogen-bond donors (Lipinski definition) is 0. The van der Waals surface area contributed by atoms with Gasteiger partial charge >= 0.3 is 0 Å². The number of para-hydroxylation sites is 2. The van der Waals surface area contributed by atoms with E-state index < -0.39 is 0 Å². The SMILES string of the molecule is c1ccc(-c2c(-c3ccccc3)c(-c3ccc(-n4c5ccccc5c5ccccc54)cc3)c(-c3ccccc3)c(-c3ccccc3)c2-c2ccc(CC3Cc4ccccc4-c4ccccc43)cc2)cc1. The van der Waals surface area contributed by atoms with Crippen LogP contribution in [-0.4, -0.2) is 4.57 Å². The fourth-order valence-corrected chi connectivity index (χ4v) is 11.6. The molecule has 0 radical (unpaired) electrons. The molecule has 1 unspecified atom stereocenters. The number of aromatic nitrogens is 1. The lowest BCUT2D eigenvalue weighted by molar-refractivity contribution is 0.673. The summed E-state index contributed by atoms with van der Waals surface area (Å²) in [6.07, 6.45) is 2.00. The van der Waals surface area contributed by atoms with E-state index in [1.54, 1.807) is 0 Å². The summed E-state index contributed by atoms with van der Waals surface area (Å²) in [6, 6.07) is 98.8. The van der Waals surface area contributed by atoms with Gasteiger partial charge in [0.25, 0.3) is 0 Å². The molecule has 1 heteroatoms. The molecule has 1 aliphatic rings. The molecule has 1 atom stereocenters. The van der Waals surface area contributed by atoms with Crippen molar-refractivity contribution in [2.75, 3.05) is 0 Å². The second-order valence-corrected chi connectivity index (χ2v) is 18.7. The van der Waals surface area contributed by atoms with Crippen LogP contribution in [0.4, 0.5) is 0 Å². The van der Waals surface area contributed by atoms with Crippen LogP contribution < -0.4 is 0 Å². The smallest absolute Gasteiger partial charge is 0.0541 e. The highest BCUT2D eigenvalue weighted by Gasteiger charge is 2.30. The van der Waals surface area contributed by atoms with Crippen LogP contribution in [0.2, 0.25) is 0 Å². The van der Waals surface area contributed by atoms with E-state index in [2.05, 4.69) is 271 Å². The van der Waals surface area contributed by atoms with E-state index in [9.17, 15) is 0 Å². The van der Waals surface area contributed by atoms with Crippen LogP contribution in [0.15, 0.2) is 267 Å². The quantitative estimate of drug-likeness (QED) is 0.136. The van der Waals surface area contributed by atoms with Gasteiger partial charge in [-0.15, -0.1) is 0 Å². The van der Waals surface area contributed by atoms with Crippen LogP contribution >= 0.6 is 0 Å². The topological polar surface area (TPSA) is 4.93 Å². The zero-order valence-corrected chi connectivity index (χ0v) is 38.8. The Balaban J connectivity index is 1.07. The standard InChI is InChI=1S/C69H49N/c1-5-21-48(22-6-1)64-66(50-25-9-3-10-26-50)69(53-41-43-56(44-42-53)70-62-35-19-17-33-60(62)61-34-18-20-36-63(61)70)67(51-27-11-4-12-28-51)65(49-23-7-2-8-24-49)68(64)52-39-37-47(38-40-52)45-55-46-54-29-13-14-30-57(54)59-32-16-15-31-58(55)59/h1-44,55H,45-46H2. The highest BCUT2D eigenvalue weighted by atomic mass is 15.0. The summed E-state index contributed by atoms with van der Waals surface area (Å²) in [7, 11) is 0. The maximum absolute atomic E-state index is 2.41. The average molecular weight is 892 g/mol. The average Bonchev–Trinajstić information content (AvgIpc) is 3.78. The van der Waals surface area contributed by atoms with Gasteiger partial charge in [-0.05, 0) is 138 Å². The fraction of sp³-hybridized carbons (Fsp3) is 0.0435. The minimum Gasteiger partial charge on any atom is -0.309 e. The van der Waals surface area contributed by atoms with Crippen molar-refractivity contribution in [2.24, 2.45) is 0 Å². The van der Waals surface area contributed by atoms with Crippen LogP contribution in [0.1, 0.15) is 22.6 Å². The summed E-state index contributed by atoms with van der Waals surface area (Å²) in [6.45, 7) is 0. The highest BCUT2D eigenvalue weighted by molar-refractivity contribution is 6.15. The summed E-state index contributed by atoms with van der Waals surface area (Å²) >= 11 is 0. The predicted molar refractivity (Wildman–Crippen MR) is 295 cm³/mol. The third-order valence-corrected chi connectivity index (χ3v) is 14.6. The molecule has 0 N–H and O–H groups in total. The summed E-state index contributed by atoms with van der Waals surface area (Å²) in [5.41, 5.74) is 24.9. The minimum absolute atomic E-state index is 0.395. The van der Waals surface area contributed by atoms with E-state index in [-0.39, 0.29) is 0 Å². The first-order valence-electron chi connectivity index (χ1n) is 24.6. The van der Waals surface area contributed by atoms with Gasteiger partial charge in [0.2, 0.25) is 0 Å². The first-order valence-corrected chi connectivity index (χ1v) is 24.6. The molecule has 1 heterocycles. The van der Waals surface area contributed by atoms with Gasteiger partial charge in [0.1, 0.15) is 0 Å². The van der Waals surface area contributed by atoms with Gasteiger partial charge in [-0.2, -0.15) is 0 Å². The molecule has 0 saturated heterocycles. The Morgan fingerprint density at radius 3 is 1.13 bits per heavy atom. The molecule has 0 spiro atoms. The van der Waals surface area contributed by atoms with E-state index in [1.807, 2.05) is 0 Å². The van der Waals surface area contributed by atoms with Crippen LogP contribution in [0.3, 0.4) is 0 Å². The van der Waals surface area contributed by atoms with Crippen LogP contribution in [-0.2, 0) is 12.8 Å². The van der Waals surface area contributed by atoms with Gasteiger partial charge in [0, 0.05) is 16.5 Å². The Morgan fingerprint density at radius 2 is 0.657 bits per heavy atom. The van der Waals surface area contributed by atoms with Gasteiger partial charge in [-0.3, -0.25) is 0 Å². The highest BCUT2D eigenvalue weighted by Crippen LogP contribution is 2.56. The monoisotopic (exact) mass is 891 g/mol. The molecule has 0 bridgehead atoms. The molecule has 13 rings (SSSR count). The number of fused-ring (bicyclic) bond motifs is 6. The van der Waals surface area contributed by atoms with Crippen LogP contribution in [0.25, 0.3) is 105 Å². The fourth-order valence-electron chi connectivity index (χ4n) is 11.6. The van der Waals surface area contributed by atoms with E-state index in [0.717, 1.165) is 24.1 Å². The van der Waals surface area contributed by atoms with Crippen molar-refractivity contribution in [1.82, 2.24) is 4.57 Å². The molecule has 330 valence electrons. The predicted octanol–water partition coefficient (Wildman–Crippen LogP) is 18.3.